The van der Waals surface area contributed by atoms with E-state index in [1.54, 1.807) is 47.7 Å². The van der Waals surface area contributed by atoms with Crippen molar-refractivity contribution in [3.8, 4) is 11.4 Å². The highest BCUT2D eigenvalue weighted by atomic mass is 32.2. The zero-order valence-corrected chi connectivity index (χ0v) is 27.1. The van der Waals surface area contributed by atoms with E-state index in [0.29, 0.717) is 28.7 Å². The van der Waals surface area contributed by atoms with E-state index in [1.165, 1.54) is 36.0 Å². The van der Waals surface area contributed by atoms with E-state index in [9.17, 15) is 14.0 Å². The minimum atomic E-state index is -0.358. The number of halogens is 1. The van der Waals surface area contributed by atoms with Crippen LogP contribution in [0.3, 0.4) is 0 Å². The number of amides is 2. The second-order valence-corrected chi connectivity index (χ2v) is 12.5. The van der Waals surface area contributed by atoms with Crippen molar-refractivity contribution >= 4 is 40.6 Å². The molecule has 1 N–H and O–H groups in total. The highest BCUT2D eigenvalue weighted by Gasteiger charge is 2.34. The van der Waals surface area contributed by atoms with Gasteiger partial charge in [-0.15, -0.1) is 21.5 Å². The van der Waals surface area contributed by atoms with Gasteiger partial charge >= 0.3 is 0 Å². The van der Waals surface area contributed by atoms with Gasteiger partial charge in [-0.2, -0.15) is 5.10 Å². The molecule has 0 saturated heterocycles. The standard InChI is InChI=1S/C34H31FN6O3S2/c1-21-8-6-10-27(22(21)2)40-31(19-36-33(43)25-9-4-5-11-29(25)44-3)37-38-34(40)46-20-32(42)41-28(23-13-15-24(35)16-14-23)18-26(39-41)30-12-7-17-45-30/h4-17,28H,18-20H2,1-3H3,(H,36,43)/t28-/m1/s1. The average molecular weight is 655 g/mol. The van der Waals surface area contributed by atoms with Gasteiger partial charge in [-0.1, -0.05) is 54.2 Å². The van der Waals surface area contributed by atoms with Crippen LogP contribution in [-0.4, -0.2) is 50.2 Å². The predicted octanol–water partition coefficient (Wildman–Crippen LogP) is 6.49. The number of hydrogen-bond donors (Lipinski definition) is 1. The quantitative estimate of drug-likeness (QED) is 0.173. The number of carbonyl (C=O) groups is 2. The van der Waals surface area contributed by atoms with Crippen LogP contribution in [0.25, 0.3) is 5.69 Å². The normalized spacial score (nSPS) is 14.3. The molecule has 1 atom stereocenters. The first kappa shape index (κ1) is 31.2. The third-order valence-electron chi connectivity index (χ3n) is 7.83. The van der Waals surface area contributed by atoms with Gasteiger partial charge in [0, 0.05) is 6.42 Å². The topological polar surface area (TPSA) is 102 Å². The van der Waals surface area contributed by atoms with Crippen molar-refractivity contribution in [1.29, 1.82) is 0 Å². The van der Waals surface area contributed by atoms with Crippen LogP contribution in [0.1, 0.15) is 50.2 Å². The Hall–Kier alpha value is -4.81. The lowest BCUT2D eigenvalue weighted by Crippen LogP contribution is -2.28. The molecule has 0 radical (unpaired) electrons. The summed E-state index contributed by atoms with van der Waals surface area (Å²) in [6.45, 7) is 4.13. The zero-order valence-electron chi connectivity index (χ0n) is 25.4. The van der Waals surface area contributed by atoms with Crippen LogP contribution >= 0.6 is 23.1 Å². The van der Waals surface area contributed by atoms with Gasteiger partial charge < -0.3 is 10.1 Å². The minimum absolute atomic E-state index is 0.0372. The molecule has 46 heavy (non-hydrogen) atoms. The number of aryl methyl sites for hydroxylation is 1. The molecule has 0 fully saturated rings. The molecule has 3 aromatic carbocycles. The van der Waals surface area contributed by atoms with Crippen LogP contribution in [0.4, 0.5) is 4.39 Å². The first-order chi connectivity index (χ1) is 22.3. The number of thioether (sulfide) groups is 1. The summed E-state index contributed by atoms with van der Waals surface area (Å²) in [4.78, 5) is 27.9. The summed E-state index contributed by atoms with van der Waals surface area (Å²) in [7, 11) is 1.52. The summed E-state index contributed by atoms with van der Waals surface area (Å²) in [5.74, 6) is 0.155. The Bertz CT molecular complexity index is 1910. The molecule has 2 aromatic heterocycles. The number of benzene rings is 3. The molecule has 0 bridgehead atoms. The molecule has 1 aliphatic rings. The maximum atomic E-state index is 13.8. The molecule has 234 valence electrons. The number of rotatable bonds is 10. The van der Waals surface area contributed by atoms with Gasteiger partial charge in [0.2, 0.25) is 0 Å². The average Bonchev–Trinajstić information content (AvgIpc) is 3.85. The molecule has 9 nitrogen and oxygen atoms in total. The molecule has 0 aliphatic carbocycles. The SMILES string of the molecule is COc1ccccc1C(=O)NCc1nnc(SCC(=O)N2N=C(c3cccs3)C[C@@H]2c2ccc(F)cc2)n1-c1cccc(C)c1C. The molecule has 6 rings (SSSR count). The number of hydrogen-bond acceptors (Lipinski definition) is 8. The van der Waals surface area contributed by atoms with E-state index in [4.69, 9.17) is 9.84 Å². The Morgan fingerprint density at radius 2 is 1.83 bits per heavy atom. The van der Waals surface area contributed by atoms with E-state index >= 15 is 0 Å². The van der Waals surface area contributed by atoms with Crippen LogP contribution in [0.15, 0.2) is 94.5 Å². The molecular formula is C34H31FN6O3S2. The van der Waals surface area contributed by atoms with Crippen LogP contribution in [0.2, 0.25) is 0 Å². The van der Waals surface area contributed by atoms with E-state index in [0.717, 1.165) is 33.0 Å². The third kappa shape index (κ3) is 6.44. The molecular weight excluding hydrogens is 624 g/mol. The van der Waals surface area contributed by atoms with Crippen LogP contribution < -0.4 is 10.1 Å². The summed E-state index contributed by atoms with van der Waals surface area (Å²) in [6, 6.07) is 22.7. The Morgan fingerprint density at radius 3 is 2.59 bits per heavy atom. The molecule has 12 heteroatoms. The van der Waals surface area contributed by atoms with Crippen molar-refractivity contribution in [2.24, 2.45) is 5.10 Å². The number of carbonyl (C=O) groups excluding carboxylic acids is 2. The lowest BCUT2D eigenvalue weighted by Gasteiger charge is -2.22. The second kappa shape index (κ2) is 13.7. The largest absolute Gasteiger partial charge is 0.496 e. The van der Waals surface area contributed by atoms with E-state index in [1.807, 2.05) is 54.1 Å². The number of aromatic nitrogens is 3. The van der Waals surface area contributed by atoms with Gasteiger partial charge in [0.05, 0.1) is 47.3 Å². The number of ether oxygens (including phenoxy) is 1. The van der Waals surface area contributed by atoms with Crippen LogP contribution in [0, 0.1) is 19.7 Å². The van der Waals surface area contributed by atoms with Gasteiger partial charge in [0.25, 0.3) is 11.8 Å². The Balaban J connectivity index is 1.26. The highest BCUT2D eigenvalue weighted by Crippen LogP contribution is 2.35. The number of nitrogens with one attached hydrogen (secondary N) is 1. The van der Waals surface area contributed by atoms with E-state index in [-0.39, 0.29) is 36.0 Å². The molecule has 0 unspecified atom stereocenters. The summed E-state index contributed by atoms with van der Waals surface area (Å²) in [6.07, 6.45) is 0.525. The van der Waals surface area contributed by atoms with Gasteiger partial charge in [0.15, 0.2) is 11.0 Å². The van der Waals surface area contributed by atoms with E-state index < -0.39 is 0 Å². The van der Waals surface area contributed by atoms with E-state index in [2.05, 4.69) is 15.5 Å². The van der Waals surface area contributed by atoms with Crippen molar-refractivity contribution in [3.05, 3.63) is 123 Å². The lowest BCUT2D eigenvalue weighted by molar-refractivity contribution is -0.130. The Morgan fingerprint density at radius 1 is 1.02 bits per heavy atom. The van der Waals surface area contributed by atoms with Crippen LogP contribution in [0.5, 0.6) is 5.75 Å². The molecule has 0 saturated carbocycles. The van der Waals surface area contributed by atoms with Gasteiger partial charge in [-0.25, -0.2) is 9.40 Å². The van der Waals surface area contributed by atoms with Crippen molar-refractivity contribution in [2.75, 3.05) is 12.9 Å². The van der Waals surface area contributed by atoms with Crippen molar-refractivity contribution in [3.63, 3.8) is 0 Å². The summed E-state index contributed by atoms with van der Waals surface area (Å²) >= 11 is 2.81. The lowest BCUT2D eigenvalue weighted by atomic mass is 10.0. The smallest absolute Gasteiger partial charge is 0.255 e. The minimum Gasteiger partial charge on any atom is -0.496 e. The second-order valence-electron chi connectivity index (χ2n) is 10.7. The summed E-state index contributed by atoms with van der Waals surface area (Å²) in [5, 5.41) is 20.5. The van der Waals surface area contributed by atoms with Gasteiger partial charge in [-0.3, -0.25) is 14.2 Å². The first-order valence-corrected chi connectivity index (χ1v) is 16.4. The fourth-order valence-corrected chi connectivity index (χ4v) is 6.82. The molecule has 3 heterocycles. The maximum absolute atomic E-state index is 13.8. The maximum Gasteiger partial charge on any atom is 0.255 e. The summed E-state index contributed by atoms with van der Waals surface area (Å²) in [5.41, 5.74) is 4.98. The van der Waals surface area contributed by atoms with Crippen molar-refractivity contribution in [2.45, 2.75) is 38.0 Å². The number of para-hydroxylation sites is 1. The highest BCUT2D eigenvalue weighted by molar-refractivity contribution is 7.99. The zero-order chi connectivity index (χ0) is 32.2. The monoisotopic (exact) mass is 654 g/mol. The third-order valence-corrected chi connectivity index (χ3v) is 9.66. The first-order valence-electron chi connectivity index (χ1n) is 14.6. The molecule has 5 aromatic rings. The fourth-order valence-electron chi connectivity index (χ4n) is 5.28. The van der Waals surface area contributed by atoms with Gasteiger partial charge in [0.1, 0.15) is 11.6 Å². The van der Waals surface area contributed by atoms with Crippen molar-refractivity contribution in [1.82, 2.24) is 25.1 Å². The molecule has 2 amide bonds. The number of hydrazone groups is 1. The molecule has 1 aliphatic heterocycles. The fraction of sp³-hybridized carbons (Fsp3) is 0.206. The van der Waals surface area contributed by atoms with Crippen molar-refractivity contribution < 1.29 is 18.7 Å². The number of methoxy groups -OCH3 is 1. The molecule has 0 spiro atoms. The van der Waals surface area contributed by atoms with Gasteiger partial charge in [-0.05, 0) is 72.3 Å². The summed E-state index contributed by atoms with van der Waals surface area (Å²) < 4.78 is 21.0. The predicted molar refractivity (Wildman–Crippen MR) is 177 cm³/mol. The Kier molecular flexibility index (Phi) is 9.27. The number of thiophene rings is 1. The number of nitrogens with zero attached hydrogens (tertiary/aromatic N) is 5. The Labute approximate surface area is 274 Å². The van der Waals surface area contributed by atoms with Crippen LogP contribution in [-0.2, 0) is 11.3 Å².